The number of halogens is 1. The summed E-state index contributed by atoms with van der Waals surface area (Å²) >= 11 is 0. The number of nitrogens with zero attached hydrogens (tertiary/aromatic N) is 5. The minimum Gasteiger partial charge on any atom is -0.400 e. The molecule has 1 fully saturated rings. The molecule has 3 heterocycles. The average Bonchev–Trinajstić information content (AvgIpc) is 3.34. The Balaban J connectivity index is 1.41. The number of aryl methyl sites for hydroxylation is 1. The van der Waals surface area contributed by atoms with Gasteiger partial charge in [0.05, 0.1) is 23.7 Å². The molecule has 0 bridgehead atoms. The van der Waals surface area contributed by atoms with Crippen molar-refractivity contribution in [2.24, 2.45) is 12.0 Å². The number of furan rings is 1. The van der Waals surface area contributed by atoms with Gasteiger partial charge >= 0.3 is 11.6 Å². The Kier molecular flexibility index (Phi) is 5.17. The molecular formula is C19H18FN5O5. The fourth-order valence-electron chi connectivity index (χ4n) is 3.38. The highest BCUT2D eigenvalue weighted by Crippen LogP contribution is 2.31. The Hall–Kier alpha value is -3.76. The third-order valence-corrected chi connectivity index (χ3v) is 4.95. The Labute approximate surface area is 169 Å². The van der Waals surface area contributed by atoms with Crippen molar-refractivity contribution >= 4 is 23.5 Å². The van der Waals surface area contributed by atoms with E-state index in [1.54, 1.807) is 12.1 Å². The van der Waals surface area contributed by atoms with Crippen LogP contribution in [-0.2, 0) is 7.05 Å². The third-order valence-electron chi connectivity index (χ3n) is 4.95. The number of hydrogen-bond acceptors (Lipinski definition) is 8. The fraction of sp³-hybridized carbons (Fsp3) is 0.316. The molecule has 156 valence electrons. The Bertz CT molecular complexity index is 1160. The predicted molar refractivity (Wildman–Crippen MR) is 105 cm³/mol. The van der Waals surface area contributed by atoms with Crippen molar-refractivity contribution in [3.05, 3.63) is 68.5 Å². The highest BCUT2D eigenvalue weighted by molar-refractivity contribution is 5.79. The SMILES string of the molecule is Cn1nc(C2CCN(c3ccc(N=Cc4ccc([N+](=O)[O-])o4)cc3F)CC2)oc1=O. The number of nitro groups is 1. The van der Waals surface area contributed by atoms with Gasteiger partial charge in [-0.05, 0) is 31.0 Å². The molecule has 2 aromatic heterocycles. The molecule has 0 spiro atoms. The lowest BCUT2D eigenvalue weighted by Crippen LogP contribution is -2.33. The summed E-state index contributed by atoms with van der Waals surface area (Å²) in [5, 5.41) is 14.7. The van der Waals surface area contributed by atoms with E-state index in [0.717, 1.165) is 0 Å². The lowest BCUT2D eigenvalue weighted by Gasteiger charge is -2.32. The van der Waals surface area contributed by atoms with Crippen molar-refractivity contribution in [2.45, 2.75) is 18.8 Å². The second kappa shape index (κ2) is 7.93. The topological polar surface area (TPSA) is 120 Å². The molecule has 0 radical (unpaired) electrons. The zero-order valence-electron chi connectivity index (χ0n) is 16.0. The summed E-state index contributed by atoms with van der Waals surface area (Å²) in [7, 11) is 1.54. The first-order chi connectivity index (χ1) is 14.4. The van der Waals surface area contributed by atoms with Crippen LogP contribution in [0.15, 0.2) is 49.0 Å². The molecule has 0 aliphatic carbocycles. The molecule has 1 saturated heterocycles. The third kappa shape index (κ3) is 4.00. The quantitative estimate of drug-likeness (QED) is 0.357. The van der Waals surface area contributed by atoms with Gasteiger partial charge in [-0.3, -0.25) is 15.1 Å². The van der Waals surface area contributed by atoms with Gasteiger partial charge < -0.3 is 13.7 Å². The standard InChI is InChI=1S/C19H18FN5O5/c1-23-19(26)30-18(22-23)12-6-8-24(9-7-12)16-4-2-13(10-15(16)20)21-11-14-3-5-17(29-14)25(27)28/h2-5,10-12H,6-9H2,1H3. The molecule has 0 amide bonds. The van der Waals surface area contributed by atoms with Crippen molar-refractivity contribution in [1.29, 1.82) is 0 Å². The highest BCUT2D eigenvalue weighted by atomic mass is 19.1. The first-order valence-electron chi connectivity index (χ1n) is 9.27. The molecule has 1 aromatic carbocycles. The van der Waals surface area contributed by atoms with E-state index in [4.69, 9.17) is 8.83 Å². The summed E-state index contributed by atoms with van der Waals surface area (Å²) in [5.74, 6) is -0.637. The van der Waals surface area contributed by atoms with Crippen molar-refractivity contribution in [2.75, 3.05) is 18.0 Å². The summed E-state index contributed by atoms with van der Waals surface area (Å²) < 4.78 is 26.0. The minimum atomic E-state index is -0.642. The molecule has 4 rings (SSSR count). The molecule has 10 nitrogen and oxygen atoms in total. The predicted octanol–water partition coefficient (Wildman–Crippen LogP) is 3.15. The lowest BCUT2D eigenvalue weighted by molar-refractivity contribution is -0.402. The van der Waals surface area contributed by atoms with Crippen LogP contribution in [0.25, 0.3) is 0 Å². The van der Waals surface area contributed by atoms with Gasteiger partial charge in [-0.25, -0.2) is 9.18 Å². The normalized spacial score (nSPS) is 15.2. The molecule has 0 saturated carbocycles. The van der Waals surface area contributed by atoms with Crippen LogP contribution in [0, 0.1) is 15.9 Å². The van der Waals surface area contributed by atoms with Gasteiger partial charge in [0.25, 0.3) is 0 Å². The van der Waals surface area contributed by atoms with Crippen LogP contribution >= 0.6 is 0 Å². The minimum absolute atomic E-state index is 0.0273. The van der Waals surface area contributed by atoms with Crippen molar-refractivity contribution in [1.82, 2.24) is 9.78 Å². The molecule has 1 aliphatic rings. The second-order valence-electron chi connectivity index (χ2n) is 6.92. The van der Waals surface area contributed by atoms with Gasteiger partial charge in [0, 0.05) is 32.1 Å². The van der Waals surface area contributed by atoms with Crippen LogP contribution in [-0.4, -0.2) is 34.0 Å². The average molecular weight is 415 g/mol. The van der Waals surface area contributed by atoms with Gasteiger partial charge in [-0.15, -0.1) is 5.10 Å². The van der Waals surface area contributed by atoms with E-state index >= 15 is 0 Å². The number of aromatic nitrogens is 2. The Morgan fingerprint density at radius 1 is 1.27 bits per heavy atom. The van der Waals surface area contributed by atoms with Crippen molar-refractivity contribution in [3.8, 4) is 0 Å². The number of benzene rings is 1. The summed E-state index contributed by atoms with van der Waals surface area (Å²) in [4.78, 5) is 27.5. The lowest BCUT2D eigenvalue weighted by atomic mass is 9.96. The number of anilines is 1. The van der Waals surface area contributed by atoms with E-state index in [9.17, 15) is 19.3 Å². The van der Waals surface area contributed by atoms with Gasteiger partial charge in [0.2, 0.25) is 5.89 Å². The Morgan fingerprint density at radius 2 is 2.03 bits per heavy atom. The van der Waals surface area contributed by atoms with Gasteiger partial charge in [-0.1, -0.05) is 0 Å². The van der Waals surface area contributed by atoms with Gasteiger partial charge in [-0.2, -0.15) is 4.68 Å². The molecule has 0 unspecified atom stereocenters. The summed E-state index contributed by atoms with van der Waals surface area (Å²) in [6.45, 7) is 1.20. The van der Waals surface area contributed by atoms with Crippen LogP contribution in [0.1, 0.15) is 30.4 Å². The molecule has 0 atom stereocenters. The van der Waals surface area contributed by atoms with Gasteiger partial charge in [0.15, 0.2) is 5.76 Å². The molecule has 3 aromatic rings. The maximum atomic E-state index is 14.6. The molecule has 0 N–H and O–H groups in total. The van der Waals surface area contributed by atoms with E-state index < -0.39 is 16.5 Å². The van der Waals surface area contributed by atoms with Crippen LogP contribution in [0.4, 0.5) is 21.6 Å². The summed E-state index contributed by atoms with van der Waals surface area (Å²) in [6, 6.07) is 7.25. The van der Waals surface area contributed by atoms with Crippen LogP contribution in [0.5, 0.6) is 0 Å². The van der Waals surface area contributed by atoms with Crippen LogP contribution < -0.4 is 10.7 Å². The van der Waals surface area contributed by atoms with E-state index in [1.807, 2.05) is 4.90 Å². The van der Waals surface area contributed by atoms with E-state index in [-0.39, 0.29) is 17.6 Å². The fourth-order valence-corrected chi connectivity index (χ4v) is 3.38. The first-order valence-corrected chi connectivity index (χ1v) is 9.27. The molecule has 11 heteroatoms. The van der Waals surface area contributed by atoms with E-state index in [0.29, 0.717) is 43.2 Å². The molecular weight excluding hydrogens is 397 g/mol. The smallest absolute Gasteiger partial charge is 0.400 e. The van der Waals surface area contributed by atoms with E-state index in [2.05, 4.69) is 10.1 Å². The molecule has 1 aliphatic heterocycles. The number of rotatable bonds is 5. The highest BCUT2D eigenvalue weighted by Gasteiger charge is 2.26. The molecule has 30 heavy (non-hydrogen) atoms. The van der Waals surface area contributed by atoms with Crippen LogP contribution in [0.2, 0.25) is 0 Å². The largest absolute Gasteiger partial charge is 0.436 e. The van der Waals surface area contributed by atoms with E-state index in [1.165, 1.54) is 36.1 Å². The zero-order valence-corrected chi connectivity index (χ0v) is 16.0. The van der Waals surface area contributed by atoms with Gasteiger partial charge in [0.1, 0.15) is 10.7 Å². The second-order valence-corrected chi connectivity index (χ2v) is 6.92. The zero-order chi connectivity index (χ0) is 21.3. The maximum absolute atomic E-state index is 14.6. The summed E-state index contributed by atoms with van der Waals surface area (Å²) in [6.07, 6.45) is 2.68. The Morgan fingerprint density at radius 3 is 2.63 bits per heavy atom. The maximum Gasteiger partial charge on any atom is 0.436 e. The van der Waals surface area contributed by atoms with Crippen molar-refractivity contribution in [3.63, 3.8) is 0 Å². The van der Waals surface area contributed by atoms with Crippen LogP contribution in [0.3, 0.4) is 0 Å². The van der Waals surface area contributed by atoms with Crippen molar-refractivity contribution < 1.29 is 18.1 Å². The number of aliphatic imine (C=N–C) groups is 1. The first kappa shape index (κ1) is 19.6. The number of hydrogen-bond donors (Lipinski definition) is 0. The number of piperidine rings is 1. The monoisotopic (exact) mass is 415 g/mol. The summed E-state index contributed by atoms with van der Waals surface area (Å²) in [5.41, 5.74) is 0.823.